The topological polar surface area (TPSA) is 89.2 Å². The number of unbranched alkanes of at least 4 members (excludes halogenated alkanes) is 1. The molecule has 1 aliphatic rings. The van der Waals surface area contributed by atoms with Crippen LogP contribution in [-0.4, -0.2) is 34.9 Å². The molecule has 4 rings (SSSR count). The molecule has 7 nitrogen and oxygen atoms in total. The molecule has 178 valence electrons. The molecule has 0 spiro atoms. The molecule has 0 unspecified atom stereocenters. The second-order valence-corrected chi connectivity index (χ2v) is 8.77. The Kier molecular flexibility index (Phi) is 7.37. The Hall–Kier alpha value is -3.52. The monoisotopic (exact) mass is 481 g/mol. The highest BCUT2D eigenvalue weighted by Gasteiger charge is 2.44. The maximum absolute atomic E-state index is 13.4. The lowest BCUT2D eigenvalue weighted by molar-refractivity contribution is -0.130. The third kappa shape index (κ3) is 4.72. The Morgan fingerprint density at radius 2 is 2.00 bits per heavy atom. The van der Waals surface area contributed by atoms with Crippen molar-refractivity contribution in [1.82, 2.24) is 4.90 Å². The summed E-state index contributed by atoms with van der Waals surface area (Å²) in [6.45, 7) is 5.05. The van der Waals surface area contributed by atoms with Crippen molar-refractivity contribution in [2.45, 2.75) is 39.3 Å². The van der Waals surface area contributed by atoms with Gasteiger partial charge in [-0.25, -0.2) is 0 Å². The van der Waals surface area contributed by atoms with Gasteiger partial charge in [-0.1, -0.05) is 25.5 Å². The molecule has 3 aromatic rings. The van der Waals surface area contributed by atoms with E-state index in [4.69, 9.17) is 13.9 Å². The largest absolute Gasteiger partial charge is 0.503 e. The highest BCUT2D eigenvalue weighted by Crippen LogP contribution is 2.43. The van der Waals surface area contributed by atoms with Gasteiger partial charge in [-0.15, -0.1) is 11.3 Å². The third-order valence-corrected chi connectivity index (χ3v) is 6.41. The zero-order valence-corrected chi connectivity index (χ0v) is 20.0. The number of carbonyl (C=O) groups excluding carboxylic acids is 2. The molecule has 0 saturated carbocycles. The second-order valence-electron chi connectivity index (χ2n) is 7.82. The quantitative estimate of drug-likeness (QED) is 0.279. The molecule has 1 N–H and O–H groups in total. The fraction of sp³-hybridized carbons (Fsp3) is 0.308. The summed E-state index contributed by atoms with van der Waals surface area (Å²) in [5.74, 6) is 0.115. The Morgan fingerprint density at radius 1 is 1.15 bits per heavy atom. The molecule has 3 heterocycles. The smallest absolute Gasteiger partial charge is 0.290 e. The molecule has 8 heteroatoms. The molecule has 34 heavy (non-hydrogen) atoms. The molecular formula is C26H27NO6S. The minimum atomic E-state index is -0.809. The van der Waals surface area contributed by atoms with Crippen molar-refractivity contribution in [3.8, 4) is 11.5 Å². The maximum atomic E-state index is 13.4. The first-order valence-electron chi connectivity index (χ1n) is 11.3. The number of Topliss-reactive ketones (excluding diaryl/α,β-unsaturated/α-hetero) is 1. The van der Waals surface area contributed by atoms with Crippen molar-refractivity contribution in [1.29, 1.82) is 0 Å². The normalized spacial score (nSPS) is 15.8. The van der Waals surface area contributed by atoms with Crippen LogP contribution in [-0.2, 0) is 11.3 Å². The lowest BCUT2D eigenvalue weighted by Gasteiger charge is -2.26. The Balaban J connectivity index is 1.76. The van der Waals surface area contributed by atoms with Crippen molar-refractivity contribution in [2.24, 2.45) is 0 Å². The van der Waals surface area contributed by atoms with Crippen LogP contribution in [0.2, 0.25) is 0 Å². The van der Waals surface area contributed by atoms with E-state index in [0.29, 0.717) is 40.9 Å². The maximum Gasteiger partial charge on any atom is 0.290 e. The zero-order chi connectivity index (χ0) is 24.1. The summed E-state index contributed by atoms with van der Waals surface area (Å²) >= 11 is 1.26. The summed E-state index contributed by atoms with van der Waals surface area (Å²) in [5, 5.41) is 12.6. The summed E-state index contributed by atoms with van der Waals surface area (Å²) in [5.41, 5.74) is 0.677. The van der Waals surface area contributed by atoms with Gasteiger partial charge in [0.1, 0.15) is 5.76 Å². The highest BCUT2D eigenvalue weighted by atomic mass is 32.1. The molecule has 1 atom stereocenters. The molecule has 0 saturated heterocycles. The number of thiophene rings is 1. The first-order chi connectivity index (χ1) is 16.5. The van der Waals surface area contributed by atoms with Crippen molar-refractivity contribution in [3.63, 3.8) is 0 Å². The van der Waals surface area contributed by atoms with Crippen LogP contribution in [0.1, 0.15) is 53.7 Å². The number of benzene rings is 1. The van der Waals surface area contributed by atoms with Gasteiger partial charge in [0.15, 0.2) is 17.3 Å². The van der Waals surface area contributed by atoms with E-state index in [1.807, 2.05) is 6.92 Å². The van der Waals surface area contributed by atoms with E-state index in [0.717, 1.165) is 12.8 Å². The molecule has 0 bridgehead atoms. The Morgan fingerprint density at radius 3 is 2.68 bits per heavy atom. The first-order valence-corrected chi connectivity index (χ1v) is 12.2. The van der Waals surface area contributed by atoms with Gasteiger partial charge in [-0.3, -0.25) is 9.59 Å². The number of hydrogen-bond donors (Lipinski definition) is 1. The number of aliphatic hydroxyl groups is 1. The molecule has 1 aliphatic heterocycles. The molecule has 0 aliphatic carbocycles. The molecular weight excluding hydrogens is 454 g/mol. The fourth-order valence-electron chi connectivity index (χ4n) is 3.91. The zero-order valence-electron chi connectivity index (χ0n) is 19.2. The Labute approximate surface area is 202 Å². The van der Waals surface area contributed by atoms with Crippen molar-refractivity contribution in [2.75, 3.05) is 13.2 Å². The van der Waals surface area contributed by atoms with Crippen LogP contribution >= 0.6 is 11.3 Å². The number of ketones is 1. The van der Waals surface area contributed by atoms with Gasteiger partial charge in [-0.2, -0.15) is 0 Å². The van der Waals surface area contributed by atoms with Gasteiger partial charge in [0.2, 0.25) is 5.78 Å². The third-order valence-electron chi connectivity index (χ3n) is 5.54. The molecule has 0 radical (unpaired) electrons. The van der Waals surface area contributed by atoms with Gasteiger partial charge in [0.25, 0.3) is 5.91 Å². The predicted molar refractivity (Wildman–Crippen MR) is 128 cm³/mol. The van der Waals surface area contributed by atoms with Crippen LogP contribution in [0.15, 0.2) is 69.9 Å². The van der Waals surface area contributed by atoms with Crippen LogP contribution in [0, 0.1) is 0 Å². The average molecular weight is 482 g/mol. The van der Waals surface area contributed by atoms with E-state index in [1.54, 1.807) is 47.8 Å². The van der Waals surface area contributed by atoms with E-state index in [1.165, 1.54) is 22.5 Å². The fourth-order valence-corrected chi connectivity index (χ4v) is 4.59. The highest BCUT2D eigenvalue weighted by molar-refractivity contribution is 7.12. The molecule has 2 aromatic heterocycles. The van der Waals surface area contributed by atoms with E-state index in [9.17, 15) is 14.7 Å². The Bertz CT molecular complexity index is 1170. The summed E-state index contributed by atoms with van der Waals surface area (Å²) in [6.07, 6.45) is 3.44. The van der Waals surface area contributed by atoms with E-state index >= 15 is 0 Å². The minimum absolute atomic E-state index is 0.0427. The lowest BCUT2D eigenvalue weighted by Crippen LogP contribution is -2.30. The molecule has 1 amide bonds. The number of furan rings is 1. The van der Waals surface area contributed by atoms with Crippen LogP contribution < -0.4 is 9.47 Å². The number of ether oxygens (including phenoxy) is 2. The van der Waals surface area contributed by atoms with Crippen molar-refractivity contribution < 1.29 is 28.6 Å². The van der Waals surface area contributed by atoms with Crippen LogP contribution in [0.5, 0.6) is 11.5 Å². The van der Waals surface area contributed by atoms with Crippen molar-refractivity contribution in [3.05, 3.63) is 81.6 Å². The standard InChI is InChI=1S/C26H27NO6S/c1-3-5-12-33-19-11-10-17(15-20(19)31-4-2)23-22(24(28)21-9-7-14-34-21)25(29)26(30)27(23)16-18-8-6-13-32-18/h6-11,13-15,23,29H,3-5,12,16H2,1-2H3/t23-/m1/s1. The van der Waals surface area contributed by atoms with Crippen LogP contribution in [0.25, 0.3) is 0 Å². The first kappa shape index (κ1) is 23.6. The molecule has 1 aromatic carbocycles. The molecule has 0 fully saturated rings. The summed E-state index contributed by atoms with van der Waals surface area (Å²) in [4.78, 5) is 28.4. The van der Waals surface area contributed by atoms with E-state index in [-0.39, 0.29) is 17.9 Å². The van der Waals surface area contributed by atoms with Gasteiger partial charge >= 0.3 is 0 Å². The van der Waals surface area contributed by atoms with Gasteiger partial charge in [0, 0.05) is 0 Å². The number of hydrogen-bond acceptors (Lipinski definition) is 7. The number of nitrogens with zero attached hydrogens (tertiary/aromatic N) is 1. The van der Waals surface area contributed by atoms with Crippen molar-refractivity contribution >= 4 is 23.0 Å². The van der Waals surface area contributed by atoms with E-state index in [2.05, 4.69) is 6.92 Å². The number of carbonyl (C=O) groups is 2. The summed E-state index contributed by atoms with van der Waals surface area (Å²) in [6, 6.07) is 11.5. The van der Waals surface area contributed by atoms with Gasteiger partial charge < -0.3 is 23.9 Å². The van der Waals surface area contributed by atoms with Gasteiger partial charge in [0.05, 0.1) is 42.5 Å². The number of aliphatic hydroxyl groups excluding tert-OH is 1. The summed E-state index contributed by atoms with van der Waals surface area (Å²) < 4.78 is 17.2. The minimum Gasteiger partial charge on any atom is -0.503 e. The predicted octanol–water partition coefficient (Wildman–Crippen LogP) is 5.70. The lowest BCUT2D eigenvalue weighted by atomic mass is 9.95. The average Bonchev–Trinajstić information content (AvgIpc) is 3.59. The van der Waals surface area contributed by atoms with Crippen LogP contribution in [0.3, 0.4) is 0 Å². The number of amides is 1. The van der Waals surface area contributed by atoms with Gasteiger partial charge in [-0.05, 0) is 54.6 Å². The number of rotatable bonds is 11. The SMILES string of the molecule is CCCCOc1ccc([C@@H]2C(C(=O)c3cccs3)=C(O)C(=O)N2Cc2ccco2)cc1OCC. The van der Waals surface area contributed by atoms with E-state index < -0.39 is 17.7 Å². The second kappa shape index (κ2) is 10.6. The van der Waals surface area contributed by atoms with Crippen LogP contribution in [0.4, 0.5) is 0 Å². The summed E-state index contributed by atoms with van der Waals surface area (Å²) in [7, 11) is 0.